The van der Waals surface area contributed by atoms with E-state index in [0.717, 1.165) is 73.7 Å². The third-order valence-electron chi connectivity index (χ3n) is 7.27. The van der Waals surface area contributed by atoms with Crippen LogP contribution >= 0.6 is 0 Å². The normalized spacial score (nSPS) is 14.7. The van der Waals surface area contributed by atoms with E-state index >= 15 is 0 Å². The monoisotopic (exact) mass is 551 g/mol. The molecule has 1 heterocycles. The molecule has 0 bridgehead atoms. The Morgan fingerprint density at radius 2 is 1.49 bits per heavy atom. The topological polar surface area (TPSA) is 49.3 Å². The van der Waals surface area contributed by atoms with E-state index in [1.807, 2.05) is 18.2 Å². The lowest BCUT2D eigenvalue weighted by Gasteiger charge is -2.29. The van der Waals surface area contributed by atoms with E-state index in [-0.39, 0.29) is 18.2 Å². The number of benzene rings is 4. The number of fused-ring (bicyclic) bond motifs is 2. The Bertz CT molecular complexity index is 1590. The highest BCUT2D eigenvalue weighted by Crippen LogP contribution is 2.48. The number of ether oxygens (including phenoxy) is 4. The summed E-state index contributed by atoms with van der Waals surface area (Å²) >= 11 is 0. The average Bonchev–Trinajstić information content (AvgIpc) is 2.91. The minimum absolute atomic E-state index is 0.00880. The van der Waals surface area contributed by atoms with Crippen molar-refractivity contribution in [2.75, 3.05) is 7.11 Å². The Hall–Kier alpha value is -3.99. The molecular weight excluding hydrogens is 510 g/mol. The number of rotatable bonds is 9. The Morgan fingerprint density at radius 1 is 0.805 bits per heavy atom. The van der Waals surface area contributed by atoms with Gasteiger partial charge in [-0.15, -0.1) is 0 Å². The van der Waals surface area contributed by atoms with Crippen molar-refractivity contribution in [1.29, 1.82) is 0 Å². The summed E-state index contributed by atoms with van der Waals surface area (Å²) < 4.78 is 25.3. The summed E-state index contributed by atoms with van der Waals surface area (Å²) in [5.41, 5.74) is 7.66. The van der Waals surface area contributed by atoms with Crippen molar-refractivity contribution in [1.82, 2.24) is 0 Å². The highest BCUT2D eigenvalue weighted by molar-refractivity contribution is 6.09. The van der Waals surface area contributed by atoms with Crippen LogP contribution in [-0.4, -0.2) is 31.1 Å². The van der Waals surface area contributed by atoms with E-state index in [9.17, 15) is 0 Å². The minimum Gasteiger partial charge on any atom is -0.496 e. The molecule has 0 N–H and O–H groups in total. The van der Waals surface area contributed by atoms with E-state index in [2.05, 4.69) is 90.9 Å². The molecule has 0 amide bonds. The zero-order chi connectivity index (χ0) is 29.3. The lowest BCUT2D eigenvalue weighted by molar-refractivity contribution is 0.229. The predicted octanol–water partition coefficient (Wildman–Crippen LogP) is 8.73. The van der Waals surface area contributed by atoms with Gasteiger partial charge < -0.3 is 18.9 Å². The third kappa shape index (κ3) is 5.90. The number of methoxy groups -OCH3 is 1. The molecule has 4 aromatic carbocycles. The average molecular weight is 552 g/mol. The molecule has 214 valence electrons. The summed E-state index contributed by atoms with van der Waals surface area (Å²) in [6.45, 7) is 15.1. The molecule has 0 saturated heterocycles. The molecule has 0 unspecified atom stereocenters. The third-order valence-corrected chi connectivity index (χ3v) is 7.27. The van der Waals surface area contributed by atoms with Gasteiger partial charge in [0.1, 0.15) is 29.6 Å². The second kappa shape index (κ2) is 11.9. The van der Waals surface area contributed by atoms with E-state index in [1.54, 1.807) is 7.11 Å². The van der Waals surface area contributed by atoms with Gasteiger partial charge in [0.2, 0.25) is 0 Å². The molecule has 0 aromatic heterocycles. The largest absolute Gasteiger partial charge is 0.496 e. The summed E-state index contributed by atoms with van der Waals surface area (Å²) in [4.78, 5) is 4.94. The Balaban J connectivity index is 1.79. The molecule has 0 spiro atoms. The molecule has 1 atom stereocenters. The Morgan fingerprint density at radius 3 is 2.15 bits per heavy atom. The van der Waals surface area contributed by atoms with Crippen LogP contribution < -0.4 is 18.9 Å². The van der Waals surface area contributed by atoms with Gasteiger partial charge in [0, 0.05) is 22.9 Å². The highest BCUT2D eigenvalue weighted by Gasteiger charge is 2.29. The van der Waals surface area contributed by atoms with Gasteiger partial charge in [0.05, 0.1) is 30.7 Å². The van der Waals surface area contributed by atoms with Crippen LogP contribution in [0.5, 0.6) is 23.0 Å². The van der Waals surface area contributed by atoms with E-state index in [0.29, 0.717) is 6.61 Å². The van der Waals surface area contributed by atoms with Gasteiger partial charge in [0.15, 0.2) is 0 Å². The van der Waals surface area contributed by atoms with Gasteiger partial charge in [-0.1, -0.05) is 36.4 Å². The molecule has 0 radical (unpaired) electrons. The number of nitrogens with zero attached hydrogens (tertiary/aromatic N) is 1. The standard InChI is InChI=1S/C36H41NO4/c1-21(2)40-32-19-33(41-22(3)4)35(29-18-24(6)37-25(7)34(29)32)27-14-15-30(39-20-26-12-10-9-11-13-26)36-28(27)16-23(5)17-31(36)38-8/h9-17,19,21-22,24H,18,20H2,1-8H3/t24-/m0/s1. The van der Waals surface area contributed by atoms with Crippen LogP contribution in [0.25, 0.3) is 21.9 Å². The van der Waals surface area contributed by atoms with Crippen molar-refractivity contribution >= 4 is 16.5 Å². The van der Waals surface area contributed by atoms with Crippen LogP contribution in [0, 0.1) is 6.92 Å². The smallest absolute Gasteiger partial charge is 0.132 e. The van der Waals surface area contributed by atoms with Crippen molar-refractivity contribution in [3.63, 3.8) is 0 Å². The van der Waals surface area contributed by atoms with Crippen LogP contribution in [0.4, 0.5) is 0 Å². The Labute approximate surface area is 244 Å². The molecule has 0 saturated carbocycles. The van der Waals surface area contributed by atoms with Crippen LogP contribution in [0.15, 0.2) is 65.7 Å². The molecule has 5 rings (SSSR count). The molecule has 0 aliphatic carbocycles. The zero-order valence-corrected chi connectivity index (χ0v) is 25.5. The number of aryl methyl sites for hydroxylation is 1. The zero-order valence-electron chi connectivity index (χ0n) is 25.5. The summed E-state index contributed by atoms with van der Waals surface area (Å²) in [6, 6.07) is 21.0. The molecule has 5 heteroatoms. The molecule has 41 heavy (non-hydrogen) atoms. The van der Waals surface area contributed by atoms with Gasteiger partial charge in [-0.2, -0.15) is 0 Å². The van der Waals surface area contributed by atoms with Crippen molar-refractivity contribution < 1.29 is 18.9 Å². The second-order valence-electron chi connectivity index (χ2n) is 11.5. The van der Waals surface area contributed by atoms with Gasteiger partial charge in [-0.05, 0) is 101 Å². The predicted molar refractivity (Wildman–Crippen MR) is 168 cm³/mol. The van der Waals surface area contributed by atoms with Crippen LogP contribution in [0.3, 0.4) is 0 Å². The van der Waals surface area contributed by atoms with Crippen molar-refractivity contribution in [2.24, 2.45) is 4.99 Å². The fraction of sp³-hybridized carbons (Fsp3) is 0.361. The van der Waals surface area contributed by atoms with Crippen molar-refractivity contribution in [2.45, 2.75) is 79.7 Å². The van der Waals surface area contributed by atoms with Gasteiger partial charge in [-0.25, -0.2) is 0 Å². The molecule has 5 nitrogen and oxygen atoms in total. The lowest BCUT2D eigenvalue weighted by atomic mass is 9.84. The molecular formula is C36H41NO4. The first kappa shape index (κ1) is 28.5. The maximum absolute atomic E-state index is 6.55. The van der Waals surface area contributed by atoms with E-state index in [4.69, 9.17) is 23.9 Å². The van der Waals surface area contributed by atoms with Gasteiger partial charge in [-0.3, -0.25) is 4.99 Å². The Kier molecular flexibility index (Phi) is 8.25. The SMILES string of the molecule is COc1cc(C)cc2c(-c3c(OC(C)C)cc(OC(C)C)c4c3C[C@H](C)N=C4C)ccc(OCc3ccccc3)c12. The summed E-state index contributed by atoms with van der Waals surface area (Å²) in [5.74, 6) is 3.21. The van der Waals surface area contributed by atoms with Crippen LogP contribution in [0.2, 0.25) is 0 Å². The maximum atomic E-state index is 6.55. The molecule has 1 aliphatic heterocycles. The lowest BCUT2D eigenvalue weighted by Crippen LogP contribution is -2.21. The summed E-state index contributed by atoms with van der Waals surface area (Å²) in [7, 11) is 1.72. The highest BCUT2D eigenvalue weighted by atomic mass is 16.5. The summed E-state index contributed by atoms with van der Waals surface area (Å²) in [5, 5.41) is 2.01. The number of hydrogen-bond acceptors (Lipinski definition) is 5. The van der Waals surface area contributed by atoms with Crippen LogP contribution in [0.1, 0.15) is 63.8 Å². The fourth-order valence-corrected chi connectivity index (χ4v) is 5.80. The first-order valence-corrected chi connectivity index (χ1v) is 14.5. The number of hydrogen-bond donors (Lipinski definition) is 0. The van der Waals surface area contributed by atoms with Gasteiger partial charge in [0.25, 0.3) is 0 Å². The molecule has 0 fully saturated rings. The van der Waals surface area contributed by atoms with E-state index in [1.165, 1.54) is 5.56 Å². The fourth-order valence-electron chi connectivity index (χ4n) is 5.80. The quantitative estimate of drug-likeness (QED) is 0.209. The number of aliphatic imine (C=N–C) groups is 1. The maximum Gasteiger partial charge on any atom is 0.132 e. The van der Waals surface area contributed by atoms with Crippen molar-refractivity contribution in [3.8, 4) is 34.1 Å². The van der Waals surface area contributed by atoms with Crippen molar-refractivity contribution in [3.05, 3.63) is 82.9 Å². The second-order valence-corrected chi connectivity index (χ2v) is 11.5. The minimum atomic E-state index is -0.00880. The molecule has 1 aliphatic rings. The van der Waals surface area contributed by atoms with Crippen LogP contribution in [-0.2, 0) is 13.0 Å². The summed E-state index contributed by atoms with van der Waals surface area (Å²) in [6.07, 6.45) is 0.811. The first-order chi connectivity index (χ1) is 19.7. The molecule has 4 aromatic rings. The van der Waals surface area contributed by atoms with Gasteiger partial charge >= 0.3 is 0 Å². The van der Waals surface area contributed by atoms with E-state index < -0.39 is 0 Å². The first-order valence-electron chi connectivity index (χ1n) is 14.5.